The Balaban J connectivity index is 1.77. The van der Waals surface area contributed by atoms with Crippen molar-refractivity contribution in [2.24, 2.45) is 0 Å². The second kappa shape index (κ2) is 6.72. The standard InChI is InChI=1S/C20H16ClN3O2S/c1-10-14(21)4-3-5-15(10)23-19(25)18-17(22)13-9-11-8-12(26-2)6-7-16(11)24-20(13)27-18/h3-9H,22H2,1-2H3,(H,23,25). The molecule has 0 fully saturated rings. The number of hydrogen-bond donors (Lipinski definition) is 2. The fourth-order valence-electron chi connectivity index (χ4n) is 2.90. The van der Waals surface area contributed by atoms with E-state index >= 15 is 0 Å². The number of carbonyl (C=O) groups is 1. The molecule has 0 aliphatic rings. The summed E-state index contributed by atoms with van der Waals surface area (Å²) in [6.45, 7) is 1.86. The maximum Gasteiger partial charge on any atom is 0.267 e. The summed E-state index contributed by atoms with van der Waals surface area (Å²) < 4.78 is 5.26. The number of nitrogens with one attached hydrogen (secondary N) is 1. The highest BCUT2D eigenvalue weighted by Gasteiger charge is 2.19. The van der Waals surface area contributed by atoms with Crippen LogP contribution < -0.4 is 15.8 Å². The van der Waals surface area contributed by atoms with E-state index in [1.165, 1.54) is 11.3 Å². The first kappa shape index (κ1) is 17.6. The number of amides is 1. The van der Waals surface area contributed by atoms with E-state index in [2.05, 4.69) is 10.3 Å². The molecule has 0 unspecified atom stereocenters. The number of nitrogens with zero attached hydrogens (tertiary/aromatic N) is 1. The summed E-state index contributed by atoms with van der Waals surface area (Å²) in [6, 6.07) is 13.0. The van der Waals surface area contributed by atoms with Crippen LogP contribution in [0.25, 0.3) is 21.1 Å². The van der Waals surface area contributed by atoms with Gasteiger partial charge >= 0.3 is 0 Å². The molecule has 27 heavy (non-hydrogen) atoms. The van der Waals surface area contributed by atoms with Crippen LogP contribution in [0, 0.1) is 6.92 Å². The third-order valence-electron chi connectivity index (χ3n) is 4.44. The number of methoxy groups -OCH3 is 1. The van der Waals surface area contributed by atoms with E-state index in [-0.39, 0.29) is 5.91 Å². The number of hydrogen-bond acceptors (Lipinski definition) is 5. The Morgan fingerprint density at radius 3 is 2.85 bits per heavy atom. The van der Waals surface area contributed by atoms with Gasteiger partial charge in [0.15, 0.2) is 0 Å². The molecule has 5 nitrogen and oxygen atoms in total. The average molecular weight is 398 g/mol. The van der Waals surface area contributed by atoms with Gasteiger partial charge in [0.25, 0.3) is 5.91 Å². The first-order chi connectivity index (χ1) is 13.0. The van der Waals surface area contributed by atoms with Gasteiger partial charge in [-0.05, 0) is 48.9 Å². The molecule has 4 aromatic rings. The van der Waals surface area contributed by atoms with Crippen LogP contribution in [0.3, 0.4) is 0 Å². The number of aromatic nitrogens is 1. The molecule has 0 spiro atoms. The van der Waals surface area contributed by atoms with Crippen LogP contribution in [0.5, 0.6) is 5.75 Å². The van der Waals surface area contributed by atoms with Crippen molar-refractivity contribution in [2.45, 2.75) is 6.92 Å². The fraction of sp³-hybridized carbons (Fsp3) is 0.100. The number of benzene rings is 2. The molecule has 136 valence electrons. The average Bonchev–Trinajstić information content (AvgIpc) is 2.99. The Kier molecular flexibility index (Phi) is 4.37. The molecule has 0 aliphatic carbocycles. The molecular weight excluding hydrogens is 382 g/mol. The summed E-state index contributed by atoms with van der Waals surface area (Å²) in [4.78, 5) is 18.6. The van der Waals surface area contributed by atoms with Crippen LogP contribution in [0.4, 0.5) is 11.4 Å². The Labute approximate surface area is 164 Å². The number of nitrogen functional groups attached to an aromatic ring is 1. The smallest absolute Gasteiger partial charge is 0.267 e. The number of halogens is 1. The molecule has 0 bridgehead atoms. The molecule has 2 heterocycles. The van der Waals surface area contributed by atoms with E-state index in [9.17, 15) is 4.79 Å². The summed E-state index contributed by atoms with van der Waals surface area (Å²) in [6.07, 6.45) is 0. The van der Waals surface area contributed by atoms with E-state index in [1.807, 2.05) is 31.2 Å². The van der Waals surface area contributed by atoms with Gasteiger partial charge < -0.3 is 15.8 Å². The highest BCUT2D eigenvalue weighted by molar-refractivity contribution is 7.21. The number of thiophene rings is 1. The topological polar surface area (TPSA) is 77.2 Å². The zero-order valence-electron chi connectivity index (χ0n) is 14.7. The lowest BCUT2D eigenvalue weighted by Crippen LogP contribution is -2.12. The maximum absolute atomic E-state index is 12.8. The Morgan fingerprint density at radius 1 is 1.26 bits per heavy atom. The zero-order chi connectivity index (χ0) is 19.1. The normalized spacial score (nSPS) is 11.1. The lowest BCUT2D eigenvalue weighted by molar-refractivity contribution is 0.103. The van der Waals surface area contributed by atoms with Crippen molar-refractivity contribution in [2.75, 3.05) is 18.2 Å². The van der Waals surface area contributed by atoms with Crippen LogP contribution >= 0.6 is 22.9 Å². The summed E-state index contributed by atoms with van der Waals surface area (Å²) in [5.74, 6) is 0.467. The van der Waals surface area contributed by atoms with Crippen molar-refractivity contribution in [1.82, 2.24) is 4.98 Å². The number of pyridine rings is 1. The number of anilines is 2. The third kappa shape index (κ3) is 3.07. The highest BCUT2D eigenvalue weighted by atomic mass is 35.5. The molecule has 1 amide bonds. The molecule has 0 saturated carbocycles. The predicted molar refractivity (Wildman–Crippen MR) is 112 cm³/mol. The van der Waals surface area contributed by atoms with Gasteiger partial charge in [-0.15, -0.1) is 11.3 Å². The molecule has 2 aromatic heterocycles. The van der Waals surface area contributed by atoms with Gasteiger partial charge in [0.05, 0.1) is 18.3 Å². The number of ether oxygens (including phenoxy) is 1. The van der Waals surface area contributed by atoms with Crippen molar-refractivity contribution < 1.29 is 9.53 Å². The predicted octanol–water partition coefficient (Wildman–Crippen LogP) is 5.25. The Bertz CT molecular complexity index is 1200. The number of rotatable bonds is 3. The van der Waals surface area contributed by atoms with Gasteiger partial charge in [-0.1, -0.05) is 17.7 Å². The van der Waals surface area contributed by atoms with Crippen LogP contribution in [-0.4, -0.2) is 18.0 Å². The first-order valence-corrected chi connectivity index (χ1v) is 9.40. The molecule has 0 radical (unpaired) electrons. The minimum atomic E-state index is -0.275. The van der Waals surface area contributed by atoms with Gasteiger partial charge in [0, 0.05) is 21.5 Å². The van der Waals surface area contributed by atoms with Crippen molar-refractivity contribution in [3.05, 3.63) is 57.9 Å². The highest BCUT2D eigenvalue weighted by Crippen LogP contribution is 2.36. The third-order valence-corrected chi connectivity index (χ3v) is 5.97. The molecular formula is C20H16ClN3O2S. The van der Waals surface area contributed by atoms with E-state index in [1.54, 1.807) is 25.3 Å². The lowest BCUT2D eigenvalue weighted by atomic mass is 10.1. The van der Waals surface area contributed by atoms with E-state index in [0.717, 1.165) is 32.4 Å². The van der Waals surface area contributed by atoms with E-state index < -0.39 is 0 Å². The number of carbonyl (C=O) groups excluding carboxylic acids is 1. The quantitative estimate of drug-likeness (QED) is 0.494. The molecule has 4 rings (SSSR count). The zero-order valence-corrected chi connectivity index (χ0v) is 16.2. The molecule has 0 saturated heterocycles. The van der Waals surface area contributed by atoms with Gasteiger partial charge in [-0.3, -0.25) is 4.79 Å². The summed E-state index contributed by atoms with van der Waals surface area (Å²) in [5, 5.41) is 5.15. The van der Waals surface area contributed by atoms with Gasteiger partial charge in [0.1, 0.15) is 15.5 Å². The van der Waals surface area contributed by atoms with Crippen LogP contribution in [0.2, 0.25) is 5.02 Å². The molecule has 0 atom stereocenters. The minimum Gasteiger partial charge on any atom is -0.497 e. The van der Waals surface area contributed by atoms with Crippen molar-refractivity contribution in [3.8, 4) is 5.75 Å². The first-order valence-electron chi connectivity index (χ1n) is 8.21. The molecule has 7 heteroatoms. The lowest BCUT2D eigenvalue weighted by Gasteiger charge is -2.08. The van der Waals surface area contributed by atoms with E-state index in [0.29, 0.717) is 21.3 Å². The second-order valence-corrected chi connectivity index (χ2v) is 7.52. The summed E-state index contributed by atoms with van der Waals surface area (Å²) in [7, 11) is 1.62. The monoisotopic (exact) mass is 397 g/mol. The second-order valence-electron chi connectivity index (χ2n) is 6.11. The van der Waals surface area contributed by atoms with Crippen LogP contribution in [0.15, 0.2) is 42.5 Å². The number of fused-ring (bicyclic) bond motifs is 2. The van der Waals surface area contributed by atoms with Crippen LogP contribution in [-0.2, 0) is 0 Å². The molecule has 2 aromatic carbocycles. The fourth-order valence-corrected chi connectivity index (χ4v) is 4.05. The van der Waals surface area contributed by atoms with Crippen molar-refractivity contribution in [3.63, 3.8) is 0 Å². The van der Waals surface area contributed by atoms with Gasteiger partial charge in [-0.2, -0.15) is 0 Å². The van der Waals surface area contributed by atoms with Gasteiger partial charge in [-0.25, -0.2) is 4.98 Å². The Hall–Kier alpha value is -2.83. The number of nitrogens with two attached hydrogens (primary N) is 1. The van der Waals surface area contributed by atoms with Gasteiger partial charge in [0.2, 0.25) is 0 Å². The maximum atomic E-state index is 12.8. The SMILES string of the molecule is COc1ccc2nc3sc(C(=O)Nc4cccc(Cl)c4C)c(N)c3cc2c1. The van der Waals surface area contributed by atoms with Crippen molar-refractivity contribution >= 4 is 61.3 Å². The summed E-state index contributed by atoms with van der Waals surface area (Å²) >= 11 is 7.40. The van der Waals surface area contributed by atoms with Crippen LogP contribution in [0.1, 0.15) is 15.2 Å². The summed E-state index contributed by atoms with van der Waals surface area (Å²) in [5.41, 5.74) is 8.99. The van der Waals surface area contributed by atoms with E-state index in [4.69, 9.17) is 22.1 Å². The molecule has 0 aliphatic heterocycles. The molecule has 3 N–H and O–H groups in total. The minimum absolute atomic E-state index is 0.275. The van der Waals surface area contributed by atoms with Crippen molar-refractivity contribution in [1.29, 1.82) is 0 Å². The Morgan fingerprint density at radius 2 is 2.07 bits per heavy atom. The largest absolute Gasteiger partial charge is 0.497 e.